The molecule has 69 valence electrons. The summed E-state index contributed by atoms with van der Waals surface area (Å²) in [5, 5.41) is 0. The highest BCUT2D eigenvalue weighted by Gasteiger charge is 1.82. The first-order chi connectivity index (χ1) is 5.91. The van der Waals surface area contributed by atoms with Gasteiger partial charge in [-0.2, -0.15) is 0 Å². The van der Waals surface area contributed by atoms with E-state index in [0.717, 1.165) is 6.42 Å². The molecular weight excluding hydrogens is 144 g/mol. The molecule has 0 unspecified atom stereocenters. The molecule has 0 aromatic rings. The summed E-state index contributed by atoms with van der Waals surface area (Å²) in [5.74, 6) is 0. The maximum atomic E-state index is 3.72. The Balaban J connectivity index is 3.07. The van der Waals surface area contributed by atoms with E-state index in [1.165, 1.54) is 32.1 Å². The van der Waals surface area contributed by atoms with E-state index < -0.39 is 0 Å². The average molecular weight is 165 g/mol. The predicted molar refractivity (Wildman–Crippen MR) is 57.0 cm³/mol. The van der Waals surface area contributed by atoms with Crippen LogP contribution in [0.3, 0.4) is 0 Å². The second-order valence-electron chi connectivity index (χ2n) is 2.99. The summed E-state index contributed by atoms with van der Waals surface area (Å²) in [5.41, 5.74) is 0. The van der Waals surface area contributed by atoms with Crippen molar-refractivity contribution in [3.05, 3.63) is 31.2 Å². The first-order valence-electron chi connectivity index (χ1n) is 5.02. The van der Waals surface area contributed by atoms with Crippen LogP contribution in [0.2, 0.25) is 0 Å². The van der Waals surface area contributed by atoms with Gasteiger partial charge in [-0.15, -0.1) is 0 Å². The topological polar surface area (TPSA) is 0 Å². The highest BCUT2D eigenvalue weighted by atomic mass is 13.9. The van der Waals surface area contributed by atoms with Gasteiger partial charge in [-0.3, -0.25) is 0 Å². The molecule has 0 N–H and O–H groups in total. The van der Waals surface area contributed by atoms with E-state index in [-0.39, 0.29) is 0 Å². The van der Waals surface area contributed by atoms with Crippen LogP contribution in [0.4, 0.5) is 0 Å². The molecule has 0 heteroatoms. The molecule has 0 bridgehead atoms. The second-order valence-corrected chi connectivity index (χ2v) is 2.99. The van der Waals surface area contributed by atoms with Gasteiger partial charge in [0.05, 0.1) is 0 Å². The SMILES string of the molecule is [CH2]CC=CC=CCCCCCC. The van der Waals surface area contributed by atoms with Gasteiger partial charge in [0.15, 0.2) is 0 Å². The summed E-state index contributed by atoms with van der Waals surface area (Å²) in [7, 11) is 0. The first-order valence-corrected chi connectivity index (χ1v) is 5.02. The fraction of sp³-hybridized carbons (Fsp3) is 0.583. The third-order valence-electron chi connectivity index (χ3n) is 1.77. The van der Waals surface area contributed by atoms with E-state index in [1.807, 2.05) is 0 Å². The molecule has 0 aliphatic heterocycles. The number of unbranched alkanes of at least 4 members (excludes halogenated alkanes) is 4. The smallest absolute Gasteiger partial charge is 0.0347 e. The van der Waals surface area contributed by atoms with Crippen LogP contribution in [0.1, 0.15) is 45.4 Å². The lowest BCUT2D eigenvalue weighted by Crippen LogP contribution is -1.72. The van der Waals surface area contributed by atoms with Crippen LogP contribution in [-0.2, 0) is 0 Å². The Morgan fingerprint density at radius 3 is 2.42 bits per heavy atom. The Kier molecular flexibility index (Phi) is 10.0. The molecule has 0 aromatic carbocycles. The van der Waals surface area contributed by atoms with Crippen LogP contribution < -0.4 is 0 Å². The van der Waals surface area contributed by atoms with Crippen molar-refractivity contribution in [3.63, 3.8) is 0 Å². The van der Waals surface area contributed by atoms with Gasteiger partial charge in [0.1, 0.15) is 0 Å². The lowest BCUT2D eigenvalue weighted by atomic mass is 10.1. The summed E-state index contributed by atoms with van der Waals surface area (Å²) < 4.78 is 0. The van der Waals surface area contributed by atoms with Crippen molar-refractivity contribution in [3.8, 4) is 0 Å². The fourth-order valence-corrected chi connectivity index (χ4v) is 1.04. The third-order valence-corrected chi connectivity index (χ3v) is 1.77. The zero-order valence-corrected chi connectivity index (χ0v) is 8.26. The highest BCUT2D eigenvalue weighted by molar-refractivity contribution is 5.02. The summed E-state index contributed by atoms with van der Waals surface area (Å²) in [4.78, 5) is 0. The first kappa shape index (κ1) is 11.5. The minimum Gasteiger partial charge on any atom is -0.0845 e. The lowest BCUT2D eigenvalue weighted by Gasteiger charge is -1.92. The van der Waals surface area contributed by atoms with Gasteiger partial charge in [0.25, 0.3) is 0 Å². The zero-order valence-electron chi connectivity index (χ0n) is 8.26. The number of allylic oxidation sites excluding steroid dienone is 4. The summed E-state index contributed by atoms with van der Waals surface area (Å²) in [6.45, 7) is 5.97. The van der Waals surface area contributed by atoms with Gasteiger partial charge in [-0.1, -0.05) is 50.5 Å². The third kappa shape index (κ3) is 9.48. The minimum atomic E-state index is 0.889. The molecule has 0 spiro atoms. The minimum absolute atomic E-state index is 0.889. The normalized spacial score (nSPS) is 11.8. The molecule has 0 rings (SSSR count). The van der Waals surface area contributed by atoms with Crippen molar-refractivity contribution in [1.29, 1.82) is 0 Å². The lowest BCUT2D eigenvalue weighted by molar-refractivity contribution is 0.674. The summed E-state index contributed by atoms with van der Waals surface area (Å²) in [6, 6.07) is 0. The molecule has 0 amide bonds. The molecule has 0 atom stereocenters. The van der Waals surface area contributed by atoms with E-state index in [1.54, 1.807) is 0 Å². The Labute approximate surface area is 77.4 Å². The number of rotatable bonds is 7. The van der Waals surface area contributed by atoms with Crippen LogP contribution in [-0.4, -0.2) is 0 Å². The highest BCUT2D eigenvalue weighted by Crippen LogP contribution is 2.02. The molecule has 12 heavy (non-hydrogen) atoms. The van der Waals surface area contributed by atoms with E-state index >= 15 is 0 Å². The quantitative estimate of drug-likeness (QED) is 0.390. The van der Waals surface area contributed by atoms with Crippen molar-refractivity contribution in [2.75, 3.05) is 0 Å². The molecule has 1 radical (unpaired) electrons. The molecular formula is C12H21. The van der Waals surface area contributed by atoms with E-state index in [2.05, 4.69) is 38.2 Å². The standard InChI is InChI=1S/C12H21/c1-3-5-7-9-11-12-10-8-6-4-2/h5,7,9,11H,1,3-4,6,8,10,12H2,2H3. The monoisotopic (exact) mass is 165 g/mol. The largest absolute Gasteiger partial charge is 0.0845 e. The average Bonchev–Trinajstić information content (AvgIpc) is 2.10. The Morgan fingerprint density at radius 1 is 1.00 bits per heavy atom. The van der Waals surface area contributed by atoms with Gasteiger partial charge >= 0.3 is 0 Å². The van der Waals surface area contributed by atoms with Gasteiger partial charge in [0.2, 0.25) is 0 Å². The molecule has 0 saturated carbocycles. The van der Waals surface area contributed by atoms with E-state index in [9.17, 15) is 0 Å². The van der Waals surface area contributed by atoms with Crippen LogP contribution >= 0.6 is 0 Å². The van der Waals surface area contributed by atoms with Crippen molar-refractivity contribution in [1.82, 2.24) is 0 Å². The molecule has 0 aliphatic carbocycles. The predicted octanol–water partition coefficient (Wildman–Crippen LogP) is 4.29. The molecule has 0 saturated heterocycles. The maximum Gasteiger partial charge on any atom is -0.0347 e. The van der Waals surface area contributed by atoms with Crippen LogP contribution in [0.5, 0.6) is 0 Å². The zero-order chi connectivity index (χ0) is 9.07. The van der Waals surface area contributed by atoms with E-state index in [4.69, 9.17) is 0 Å². The van der Waals surface area contributed by atoms with Gasteiger partial charge < -0.3 is 0 Å². The number of hydrogen-bond acceptors (Lipinski definition) is 0. The van der Waals surface area contributed by atoms with Gasteiger partial charge in [0, 0.05) is 0 Å². The van der Waals surface area contributed by atoms with Crippen molar-refractivity contribution < 1.29 is 0 Å². The maximum absolute atomic E-state index is 3.72. The van der Waals surface area contributed by atoms with E-state index in [0.29, 0.717) is 0 Å². The van der Waals surface area contributed by atoms with Crippen LogP contribution in [0, 0.1) is 6.92 Å². The van der Waals surface area contributed by atoms with Crippen molar-refractivity contribution in [2.24, 2.45) is 0 Å². The molecule has 0 aliphatic rings. The van der Waals surface area contributed by atoms with Crippen molar-refractivity contribution in [2.45, 2.75) is 45.4 Å². The van der Waals surface area contributed by atoms with Crippen LogP contribution in [0.15, 0.2) is 24.3 Å². The Morgan fingerprint density at radius 2 is 1.75 bits per heavy atom. The molecule has 0 heterocycles. The second kappa shape index (κ2) is 10.5. The summed E-state index contributed by atoms with van der Waals surface area (Å²) in [6.07, 6.45) is 16.0. The fourth-order valence-electron chi connectivity index (χ4n) is 1.04. The van der Waals surface area contributed by atoms with Gasteiger partial charge in [-0.25, -0.2) is 0 Å². The Hall–Kier alpha value is -0.520. The van der Waals surface area contributed by atoms with Crippen LogP contribution in [0.25, 0.3) is 0 Å². The molecule has 0 nitrogen and oxygen atoms in total. The molecule has 0 fully saturated rings. The Bertz CT molecular complexity index is 120. The van der Waals surface area contributed by atoms with Crippen molar-refractivity contribution >= 4 is 0 Å². The molecule has 0 aromatic heterocycles. The summed E-state index contributed by atoms with van der Waals surface area (Å²) >= 11 is 0. The number of hydrogen-bond donors (Lipinski definition) is 0. The van der Waals surface area contributed by atoms with Gasteiger partial charge in [-0.05, 0) is 26.2 Å².